The molecule has 18 nitrogen and oxygen atoms in total. The Balaban J connectivity index is 1.37. The zero-order valence-corrected chi connectivity index (χ0v) is 34.5. The number of fused-ring (bicyclic) bond motifs is 1. The zero-order chi connectivity index (χ0) is 42.2. The molecule has 3 fully saturated rings. The van der Waals surface area contributed by atoms with Crippen molar-refractivity contribution in [3.05, 3.63) is 44.9 Å². The number of unbranched alkanes of at least 4 members (excludes halogenated alkanes) is 7. The van der Waals surface area contributed by atoms with Crippen LogP contribution in [0.5, 0.6) is 0 Å². The number of H-pyrrole nitrogens is 1. The first-order valence-electron chi connectivity index (χ1n) is 20.5. The molecular formula is C40H61N5O13. The molecule has 1 aromatic rings. The highest BCUT2D eigenvalue weighted by Gasteiger charge is 2.57. The molecule has 18 heteroatoms. The Kier molecular flexibility index (Phi) is 15.3. The van der Waals surface area contributed by atoms with Crippen LogP contribution in [0.1, 0.15) is 118 Å². The molecule has 0 bridgehead atoms. The van der Waals surface area contributed by atoms with Gasteiger partial charge in [0.2, 0.25) is 18.1 Å². The van der Waals surface area contributed by atoms with E-state index in [0.29, 0.717) is 25.8 Å². The van der Waals surface area contributed by atoms with Gasteiger partial charge in [-0.05, 0) is 59.5 Å². The van der Waals surface area contributed by atoms with Gasteiger partial charge in [0.05, 0.1) is 5.41 Å². The monoisotopic (exact) mass is 819 g/mol. The van der Waals surface area contributed by atoms with E-state index in [1.54, 1.807) is 27.7 Å². The standard InChI is InChI=1S/C40H61N5O13/c1-7-8-9-10-11-12-13-15-19-39(2,3)37(50)56-31-28(52-6)29(54-35(31)45-21-18-26(46)44-38(45)51)30(32(41)47)55-36-27-24(57-40(4,5)58-27)22-25(53-36)34(49)43-23-17-14-16-20-42-33(23)48/h18,21-24,27-31,35-36H,7-17,19-20H2,1-6H3,(H2,41,47)(H,42,48)(H,43,49)(H,44,46,51)/t23-,24-,27-,28+,29-,30+,31+,35+,36+/m0/s1. The van der Waals surface area contributed by atoms with E-state index in [9.17, 15) is 28.8 Å². The summed E-state index contributed by atoms with van der Waals surface area (Å²) >= 11 is 0. The molecule has 0 saturated carbocycles. The Hall–Kier alpha value is -4.10. The molecule has 0 aromatic carbocycles. The number of primary amides is 1. The highest BCUT2D eigenvalue weighted by molar-refractivity contribution is 5.95. The number of nitrogens with zero attached hydrogens (tertiary/aromatic N) is 1. The number of aromatic nitrogens is 2. The average molecular weight is 820 g/mol. The number of nitrogens with one attached hydrogen (secondary N) is 3. The SMILES string of the molecule is CCCCCCCCCCC(C)(C)C(=O)O[C@@H]1[C@H](OC)[C@@H]([C@@H](O[C@H]2OC(C(=O)N[C@H]3CCCCNC3=O)=C[C@@H]3OC(C)(C)O[C@H]23)C(N)=O)O[C@H]1n1ccc(=O)[nH]c1=O. The number of rotatable bonds is 19. The van der Waals surface area contributed by atoms with E-state index in [1.807, 2.05) is 0 Å². The van der Waals surface area contributed by atoms with Gasteiger partial charge in [-0.25, -0.2) is 4.79 Å². The van der Waals surface area contributed by atoms with Gasteiger partial charge in [0.15, 0.2) is 36.1 Å². The topological polar surface area (TPSA) is 238 Å². The second-order valence-corrected chi connectivity index (χ2v) is 16.5. The molecule has 1 aromatic heterocycles. The molecule has 0 aliphatic carbocycles. The van der Waals surface area contributed by atoms with Gasteiger partial charge >= 0.3 is 11.7 Å². The van der Waals surface area contributed by atoms with E-state index in [1.165, 1.54) is 45.1 Å². The summed E-state index contributed by atoms with van der Waals surface area (Å²) in [6.45, 7) is 9.53. The van der Waals surface area contributed by atoms with E-state index in [2.05, 4.69) is 22.5 Å². The Morgan fingerprint density at radius 1 is 1.03 bits per heavy atom. The van der Waals surface area contributed by atoms with Crippen LogP contribution >= 0.6 is 0 Å². The lowest BCUT2D eigenvalue weighted by Gasteiger charge is -2.35. The summed E-state index contributed by atoms with van der Waals surface area (Å²) in [6, 6.07) is 0.291. The summed E-state index contributed by atoms with van der Waals surface area (Å²) in [4.78, 5) is 80.8. The maximum atomic E-state index is 13.9. The molecule has 0 unspecified atom stereocenters. The van der Waals surface area contributed by atoms with Crippen molar-refractivity contribution < 1.29 is 52.3 Å². The summed E-state index contributed by atoms with van der Waals surface area (Å²) < 4.78 is 43.7. The van der Waals surface area contributed by atoms with Crippen molar-refractivity contribution in [1.82, 2.24) is 20.2 Å². The van der Waals surface area contributed by atoms with E-state index in [-0.39, 0.29) is 11.7 Å². The minimum atomic E-state index is -1.71. The highest BCUT2D eigenvalue weighted by atomic mass is 16.8. The van der Waals surface area contributed by atoms with E-state index >= 15 is 0 Å². The van der Waals surface area contributed by atoms with Crippen LogP contribution in [0.15, 0.2) is 33.7 Å². The van der Waals surface area contributed by atoms with Crippen LogP contribution in [0.25, 0.3) is 0 Å². The number of hydrogen-bond acceptors (Lipinski definition) is 13. The fourth-order valence-corrected chi connectivity index (χ4v) is 7.77. The van der Waals surface area contributed by atoms with Crippen LogP contribution in [-0.2, 0) is 52.3 Å². The van der Waals surface area contributed by atoms with Gasteiger partial charge in [-0.15, -0.1) is 0 Å². The Morgan fingerprint density at radius 2 is 1.74 bits per heavy atom. The van der Waals surface area contributed by atoms with Crippen LogP contribution in [-0.4, -0.2) is 102 Å². The number of amides is 3. The van der Waals surface area contributed by atoms with Gasteiger partial charge in [0.25, 0.3) is 11.5 Å². The fraction of sp³-hybridized carbons (Fsp3) is 0.750. The van der Waals surface area contributed by atoms with Crippen LogP contribution in [0.3, 0.4) is 0 Å². The highest BCUT2D eigenvalue weighted by Crippen LogP contribution is 2.40. The Bertz CT molecular complexity index is 1760. The van der Waals surface area contributed by atoms with Gasteiger partial charge in [-0.3, -0.25) is 33.5 Å². The summed E-state index contributed by atoms with van der Waals surface area (Å²) in [5.74, 6) is -4.09. The van der Waals surface area contributed by atoms with Crippen LogP contribution in [0.2, 0.25) is 0 Å². The largest absolute Gasteiger partial charge is 0.456 e. The maximum Gasteiger partial charge on any atom is 0.330 e. The predicted octanol–water partition coefficient (Wildman–Crippen LogP) is 2.33. The summed E-state index contributed by atoms with van der Waals surface area (Å²) in [6.07, 6.45) is 3.21. The third kappa shape index (κ3) is 11.1. The lowest BCUT2D eigenvalue weighted by Crippen LogP contribution is -2.54. The maximum absolute atomic E-state index is 13.9. The van der Waals surface area contributed by atoms with E-state index in [4.69, 9.17) is 38.9 Å². The van der Waals surface area contributed by atoms with Crippen LogP contribution < -0.4 is 27.6 Å². The summed E-state index contributed by atoms with van der Waals surface area (Å²) in [5, 5.41) is 5.48. The quantitative estimate of drug-likeness (QED) is 0.116. The van der Waals surface area contributed by atoms with Crippen molar-refractivity contribution >= 4 is 23.7 Å². The molecule has 0 spiro atoms. The third-order valence-corrected chi connectivity index (χ3v) is 11.0. The second kappa shape index (κ2) is 19.8. The Labute approximate surface area is 338 Å². The van der Waals surface area contributed by atoms with Crippen LogP contribution in [0.4, 0.5) is 0 Å². The van der Waals surface area contributed by atoms with E-state index in [0.717, 1.165) is 42.7 Å². The van der Waals surface area contributed by atoms with Crippen molar-refractivity contribution in [2.24, 2.45) is 11.1 Å². The van der Waals surface area contributed by atoms with Crippen molar-refractivity contribution in [3.8, 4) is 0 Å². The van der Waals surface area contributed by atoms with E-state index < -0.39 is 95.4 Å². The molecular weight excluding hydrogens is 758 g/mol. The van der Waals surface area contributed by atoms with Gasteiger partial charge in [0, 0.05) is 25.9 Å². The third-order valence-electron chi connectivity index (χ3n) is 11.0. The number of methoxy groups -OCH3 is 1. The molecule has 5 heterocycles. The predicted molar refractivity (Wildman–Crippen MR) is 207 cm³/mol. The fourth-order valence-electron chi connectivity index (χ4n) is 7.77. The number of carbonyl (C=O) groups is 4. The van der Waals surface area contributed by atoms with Crippen molar-refractivity contribution in [1.29, 1.82) is 0 Å². The summed E-state index contributed by atoms with van der Waals surface area (Å²) in [7, 11) is 1.31. The number of esters is 1. The Morgan fingerprint density at radius 3 is 2.41 bits per heavy atom. The van der Waals surface area contributed by atoms with Gasteiger partial charge in [-0.2, -0.15) is 0 Å². The number of aromatic amines is 1. The van der Waals surface area contributed by atoms with Crippen molar-refractivity contribution in [3.63, 3.8) is 0 Å². The van der Waals surface area contributed by atoms with Gasteiger partial charge in [-0.1, -0.05) is 58.3 Å². The summed E-state index contributed by atoms with van der Waals surface area (Å²) in [5.41, 5.74) is 3.47. The second-order valence-electron chi connectivity index (χ2n) is 16.5. The molecule has 0 radical (unpaired) electrons. The zero-order valence-electron chi connectivity index (χ0n) is 34.5. The number of nitrogens with two attached hydrogens (primary N) is 1. The van der Waals surface area contributed by atoms with Crippen molar-refractivity contribution in [2.75, 3.05) is 13.7 Å². The van der Waals surface area contributed by atoms with Crippen molar-refractivity contribution in [2.45, 2.75) is 173 Å². The molecule has 9 atom stereocenters. The number of carbonyl (C=O) groups excluding carboxylic acids is 4. The first-order chi connectivity index (χ1) is 27.5. The normalized spacial score (nSPS) is 28.7. The molecule has 3 saturated heterocycles. The van der Waals surface area contributed by atoms with Crippen LogP contribution in [0, 0.1) is 5.41 Å². The molecule has 5 N–H and O–H groups in total. The minimum absolute atomic E-state index is 0.244. The number of ether oxygens (including phenoxy) is 7. The lowest BCUT2D eigenvalue weighted by atomic mass is 9.86. The molecule has 58 heavy (non-hydrogen) atoms. The minimum Gasteiger partial charge on any atom is -0.456 e. The first kappa shape index (κ1) is 45.0. The first-order valence-corrected chi connectivity index (χ1v) is 20.5. The van der Waals surface area contributed by atoms with Gasteiger partial charge in [0.1, 0.15) is 24.4 Å². The molecule has 4 aliphatic heterocycles. The molecule has 5 rings (SSSR count). The average Bonchev–Trinajstić information content (AvgIpc) is 3.60. The van der Waals surface area contributed by atoms with Gasteiger partial charge < -0.3 is 49.5 Å². The molecule has 3 amide bonds. The molecule has 324 valence electrons. The molecule has 4 aliphatic rings. The number of hydrogen-bond donors (Lipinski definition) is 4. The smallest absolute Gasteiger partial charge is 0.330 e. The lowest BCUT2D eigenvalue weighted by molar-refractivity contribution is -0.241.